The van der Waals surface area contributed by atoms with Crippen molar-refractivity contribution >= 4 is 11.3 Å². The van der Waals surface area contributed by atoms with E-state index in [0.717, 1.165) is 19.6 Å². The highest BCUT2D eigenvalue weighted by Gasteiger charge is 2.35. The highest BCUT2D eigenvalue weighted by atomic mass is 32.1. The van der Waals surface area contributed by atoms with Crippen LogP contribution in [0.2, 0.25) is 0 Å². The molecular formula is C15H27N3S. The normalized spacial score (nSPS) is 23.7. The fraction of sp³-hybridized carbons (Fsp3) is 0.800. The van der Waals surface area contributed by atoms with Gasteiger partial charge in [0, 0.05) is 29.5 Å². The molecule has 1 saturated heterocycles. The van der Waals surface area contributed by atoms with Crippen molar-refractivity contribution in [1.82, 2.24) is 15.2 Å². The summed E-state index contributed by atoms with van der Waals surface area (Å²) in [5.41, 5.74) is 1.49. The molecule has 1 aliphatic heterocycles. The van der Waals surface area contributed by atoms with E-state index in [1.54, 1.807) is 0 Å². The lowest BCUT2D eigenvalue weighted by atomic mass is 9.89. The minimum Gasteiger partial charge on any atom is -0.308 e. The van der Waals surface area contributed by atoms with Crippen LogP contribution in [-0.2, 0) is 6.54 Å². The molecule has 1 N–H and O–H groups in total. The second kappa shape index (κ2) is 5.90. The van der Waals surface area contributed by atoms with Crippen molar-refractivity contribution in [2.75, 3.05) is 13.1 Å². The van der Waals surface area contributed by atoms with Crippen molar-refractivity contribution in [2.24, 2.45) is 0 Å². The van der Waals surface area contributed by atoms with Crippen LogP contribution < -0.4 is 5.32 Å². The predicted octanol–water partition coefficient (Wildman–Crippen LogP) is 3.11. The summed E-state index contributed by atoms with van der Waals surface area (Å²) in [5, 5.41) is 5.02. The average Bonchev–Trinajstić information content (AvgIpc) is 2.71. The van der Waals surface area contributed by atoms with Gasteiger partial charge in [-0.1, -0.05) is 13.8 Å². The molecule has 4 heteroatoms. The van der Waals surface area contributed by atoms with E-state index >= 15 is 0 Å². The average molecular weight is 281 g/mol. The number of thiazole rings is 1. The van der Waals surface area contributed by atoms with Gasteiger partial charge in [-0.05, 0) is 33.6 Å². The summed E-state index contributed by atoms with van der Waals surface area (Å²) >= 11 is 1.85. The summed E-state index contributed by atoms with van der Waals surface area (Å²) in [4.78, 5) is 8.65. The Balaban J connectivity index is 2.09. The molecule has 0 aromatic carbocycles. The first kappa shape index (κ1) is 14.9. The second-order valence-electron chi connectivity index (χ2n) is 5.87. The summed E-state index contributed by atoms with van der Waals surface area (Å²) < 4.78 is 0. The highest BCUT2D eigenvalue weighted by Crippen LogP contribution is 2.25. The summed E-state index contributed by atoms with van der Waals surface area (Å²) in [5.74, 6) is 0. The third-order valence-corrected chi connectivity index (χ3v) is 5.72. The van der Waals surface area contributed by atoms with Crippen LogP contribution in [0, 0.1) is 13.8 Å². The molecule has 2 heterocycles. The van der Waals surface area contributed by atoms with Gasteiger partial charge in [-0.2, -0.15) is 0 Å². The molecule has 19 heavy (non-hydrogen) atoms. The minimum atomic E-state index is 0.299. The molecule has 108 valence electrons. The van der Waals surface area contributed by atoms with E-state index in [4.69, 9.17) is 4.98 Å². The fourth-order valence-corrected chi connectivity index (χ4v) is 3.77. The van der Waals surface area contributed by atoms with E-state index in [1.807, 2.05) is 11.3 Å². The van der Waals surface area contributed by atoms with Gasteiger partial charge in [0.15, 0.2) is 0 Å². The number of nitrogens with zero attached hydrogens (tertiary/aromatic N) is 2. The maximum absolute atomic E-state index is 4.69. The Hall–Kier alpha value is -0.450. The van der Waals surface area contributed by atoms with Gasteiger partial charge in [-0.25, -0.2) is 4.98 Å². The molecular weight excluding hydrogens is 254 g/mol. The van der Waals surface area contributed by atoms with Gasteiger partial charge in [0.1, 0.15) is 5.01 Å². The molecule has 1 aromatic heterocycles. The Morgan fingerprint density at radius 2 is 2.05 bits per heavy atom. The number of hydrogen-bond acceptors (Lipinski definition) is 4. The molecule has 0 radical (unpaired) electrons. The standard InChI is InChI=1S/C15H27N3S/c1-6-15(7-2)10-18(11(3)8-16-15)9-14-17-12(4)13(5)19-14/h11,16H,6-10H2,1-5H3. The van der Waals surface area contributed by atoms with Gasteiger partial charge in [-0.3, -0.25) is 4.90 Å². The maximum Gasteiger partial charge on any atom is 0.107 e. The number of piperazine rings is 1. The maximum atomic E-state index is 4.69. The number of aryl methyl sites for hydroxylation is 2. The van der Waals surface area contributed by atoms with Crippen LogP contribution in [0.4, 0.5) is 0 Å². The van der Waals surface area contributed by atoms with Crippen LogP contribution in [0.15, 0.2) is 0 Å². The van der Waals surface area contributed by atoms with Gasteiger partial charge in [0.25, 0.3) is 0 Å². The molecule has 1 aromatic rings. The Morgan fingerprint density at radius 3 is 2.58 bits per heavy atom. The SMILES string of the molecule is CCC1(CC)CN(Cc2nc(C)c(C)s2)C(C)CN1. The molecule has 0 amide bonds. The summed E-state index contributed by atoms with van der Waals surface area (Å²) in [6.07, 6.45) is 2.39. The van der Waals surface area contributed by atoms with E-state index in [2.05, 4.69) is 44.8 Å². The molecule has 0 bridgehead atoms. The quantitative estimate of drug-likeness (QED) is 0.919. The molecule has 0 aliphatic carbocycles. The minimum absolute atomic E-state index is 0.299. The highest BCUT2D eigenvalue weighted by molar-refractivity contribution is 7.11. The lowest BCUT2D eigenvalue weighted by Crippen LogP contribution is -2.62. The third kappa shape index (κ3) is 3.18. The zero-order valence-electron chi connectivity index (χ0n) is 12.9. The fourth-order valence-electron chi connectivity index (χ4n) is 2.81. The number of rotatable bonds is 4. The Morgan fingerprint density at radius 1 is 1.37 bits per heavy atom. The Bertz CT molecular complexity index is 404. The van der Waals surface area contributed by atoms with Crippen LogP contribution in [-0.4, -0.2) is 34.6 Å². The predicted molar refractivity (Wildman–Crippen MR) is 82.8 cm³/mol. The number of aromatic nitrogens is 1. The lowest BCUT2D eigenvalue weighted by molar-refractivity contribution is 0.0745. The van der Waals surface area contributed by atoms with Crippen LogP contribution in [0.5, 0.6) is 0 Å². The first-order valence-corrected chi connectivity index (χ1v) is 8.23. The molecule has 2 rings (SSSR count). The number of nitrogens with one attached hydrogen (secondary N) is 1. The first-order chi connectivity index (χ1) is 8.99. The van der Waals surface area contributed by atoms with E-state index in [0.29, 0.717) is 11.6 Å². The van der Waals surface area contributed by atoms with Crippen LogP contribution in [0.25, 0.3) is 0 Å². The van der Waals surface area contributed by atoms with Crippen LogP contribution in [0.1, 0.15) is 49.2 Å². The van der Waals surface area contributed by atoms with Crippen molar-refractivity contribution in [1.29, 1.82) is 0 Å². The van der Waals surface area contributed by atoms with Gasteiger partial charge >= 0.3 is 0 Å². The second-order valence-corrected chi connectivity index (χ2v) is 7.16. The van der Waals surface area contributed by atoms with Gasteiger partial charge in [0.05, 0.1) is 12.2 Å². The van der Waals surface area contributed by atoms with E-state index in [-0.39, 0.29) is 0 Å². The molecule has 1 unspecified atom stereocenters. The molecule has 0 saturated carbocycles. The van der Waals surface area contributed by atoms with E-state index in [1.165, 1.54) is 28.4 Å². The van der Waals surface area contributed by atoms with Gasteiger partial charge < -0.3 is 5.32 Å². The zero-order valence-corrected chi connectivity index (χ0v) is 13.7. The molecule has 1 atom stereocenters. The van der Waals surface area contributed by atoms with E-state index in [9.17, 15) is 0 Å². The summed E-state index contributed by atoms with van der Waals surface area (Å²) in [7, 11) is 0. The summed E-state index contributed by atoms with van der Waals surface area (Å²) in [6.45, 7) is 14.4. The van der Waals surface area contributed by atoms with Crippen molar-refractivity contribution in [3.63, 3.8) is 0 Å². The van der Waals surface area contributed by atoms with Gasteiger partial charge in [-0.15, -0.1) is 11.3 Å². The molecule has 3 nitrogen and oxygen atoms in total. The van der Waals surface area contributed by atoms with Crippen molar-refractivity contribution in [3.8, 4) is 0 Å². The molecule has 0 spiro atoms. The monoisotopic (exact) mass is 281 g/mol. The lowest BCUT2D eigenvalue weighted by Gasteiger charge is -2.46. The Labute approximate surface area is 121 Å². The van der Waals surface area contributed by atoms with Crippen molar-refractivity contribution < 1.29 is 0 Å². The third-order valence-electron chi connectivity index (χ3n) is 4.67. The molecule has 1 fully saturated rings. The van der Waals surface area contributed by atoms with Crippen LogP contribution in [0.3, 0.4) is 0 Å². The summed E-state index contributed by atoms with van der Waals surface area (Å²) in [6, 6.07) is 0.593. The topological polar surface area (TPSA) is 28.2 Å². The van der Waals surface area contributed by atoms with E-state index < -0.39 is 0 Å². The smallest absolute Gasteiger partial charge is 0.107 e. The largest absolute Gasteiger partial charge is 0.308 e. The first-order valence-electron chi connectivity index (χ1n) is 7.41. The molecule has 1 aliphatic rings. The van der Waals surface area contributed by atoms with Gasteiger partial charge in [0.2, 0.25) is 0 Å². The Kier molecular flexibility index (Phi) is 4.64. The van der Waals surface area contributed by atoms with Crippen LogP contribution >= 0.6 is 11.3 Å². The van der Waals surface area contributed by atoms with Crippen molar-refractivity contribution in [2.45, 2.75) is 65.6 Å². The zero-order chi connectivity index (χ0) is 14.0. The number of hydrogen-bond donors (Lipinski definition) is 1. The van der Waals surface area contributed by atoms with Crippen molar-refractivity contribution in [3.05, 3.63) is 15.6 Å².